The summed E-state index contributed by atoms with van der Waals surface area (Å²) in [6.45, 7) is 4.62. The van der Waals surface area contributed by atoms with E-state index in [-0.39, 0.29) is 12.5 Å². The van der Waals surface area contributed by atoms with Gasteiger partial charge in [0.15, 0.2) is 5.60 Å². The van der Waals surface area contributed by atoms with Crippen LogP contribution in [0.3, 0.4) is 0 Å². The Hall–Kier alpha value is -2.34. The van der Waals surface area contributed by atoms with E-state index in [1.165, 1.54) is 17.4 Å². The van der Waals surface area contributed by atoms with Crippen LogP contribution in [0, 0.1) is 6.92 Å². The fraction of sp³-hybridized carbons (Fsp3) is 0.474. The zero-order valence-corrected chi connectivity index (χ0v) is 14.8. The van der Waals surface area contributed by atoms with Gasteiger partial charge in [-0.25, -0.2) is 0 Å². The van der Waals surface area contributed by atoms with Crippen LogP contribution in [0.25, 0.3) is 10.9 Å². The second-order valence-electron chi connectivity index (χ2n) is 6.94. The fourth-order valence-corrected chi connectivity index (χ4v) is 3.47. The van der Waals surface area contributed by atoms with Crippen LogP contribution in [0.4, 0.5) is 0 Å². The molecule has 6 heteroatoms. The molecule has 2 amide bonds. The molecule has 6 nitrogen and oxygen atoms in total. The summed E-state index contributed by atoms with van der Waals surface area (Å²) >= 11 is 0. The molecular formula is C19H25N3O3. The minimum atomic E-state index is -1.48. The highest BCUT2D eigenvalue weighted by atomic mass is 16.3. The van der Waals surface area contributed by atoms with Gasteiger partial charge in [0.1, 0.15) is 0 Å². The minimum absolute atomic E-state index is 0.0700. The summed E-state index contributed by atoms with van der Waals surface area (Å²) in [4.78, 5) is 28.7. The molecule has 0 aliphatic carbocycles. The maximum Gasteiger partial charge on any atom is 0.253 e. The molecule has 0 bridgehead atoms. The van der Waals surface area contributed by atoms with Gasteiger partial charge in [-0.1, -0.05) is 12.1 Å². The number of aromatic nitrogens is 1. The SMILES string of the molecule is CC(=O)N1CCCC(O)(C(=O)NCCc2c[nH]c3cc(C)ccc23)C1. The van der Waals surface area contributed by atoms with Crippen molar-refractivity contribution < 1.29 is 14.7 Å². The van der Waals surface area contributed by atoms with Crippen molar-refractivity contribution in [3.63, 3.8) is 0 Å². The lowest BCUT2D eigenvalue weighted by atomic mass is 9.91. The van der Waals surface area contributed by atoms with Gasteiger partial charge in [0.2, 0.25) is 5.91 Å². The predicted molar refractivity (Wildman–Crippen MR) is 96.2 cm³/mol. The summed E-state index contributed by atoms with van der Waals surface area (Å²) in [6.07, 6.45) is 3.66. The maximum absolute atomic E-state index is 12.4. The van der Waals surface area contributed by atoms with E-state index >= 15 is 0 Å². The summed E-state index contributed by atoms with van der Waals surface area (Å²) in [6, 6.07) is 6.25. The molecule has 3 rings (SSSR count). The zero-order chi connectivity index (χ0) is 18.0. The van der Waals surface area contributed by atoms with E-state index in [9.17, 15) is 14.7 Å². The van der Waals surface area contributed by atoms with Crippen LogP contribution in [0.15, 0.2) is 24.4 Å². The minimum Gasteiger partial charge on any atom is -0.378 e. The van der Waals surface area contributed by atoms with E-state index < -0.39 is 11.5 Å². The van der Waals surface area contributed by atoms with Crippen molar-refractivity contribution in [3.8, 4) is 0 Å². The number of H-pyrrole nitrogens is 1. The number of fused-ring (bicyclic) bond motifs is 1. The molecule has 1 fully saturated rings. The van der Waals surface area contributed by atoms with Crippen molar-refractivity contribution in [2.45, 2.75) is 38.7 Å². The van der Waals surface area contributed by atoms with Crippen LogP contribution in [-0.4, -0.2) is 52.0 Å². The molecular weight excluding hydrogens is 318 g/mol. The Labute approximate surface area is 147 Å². The first-order chi connectivity index (χ1) is 11.9. The Kier molecular flexibility index (Phi) is 4.81. The third kappa shape index (κ3) is 3.69. The quantitative estimate of drug-likeness (QED) is 0.787. The molecule has 2 aromatic rings. The van der Waals surface area contributed by atoms with Gasteiger partial charge in [0.05, 0.1) is 6.54 Å². The summed E-state index contributed by atoms with van der Waals surface area (Å²) in [7, 11) is 0. The highest BCUT2D eigenvalue weighted by Gasteiger charge is 2.40. The van der Waals surface area contributed by atoms with E-state index in [4.69, 9.17) is 0 Å². The van der Waals surface area contributed by atoms with Gasteiger partial charge in [-0.15, -0.1) is 0 Å². The third-order valence-corrected chi connectivity index (χ3v) is 4.94. The van der Waals surface area contributed by atoms with E-state index in [1.807, 2.05) is 6.20 Å². The summed E-state index contributed by atoms with van der Waals surface area (Å²) in [5.41, 5.74) is 1.94. The molecule has 3 N–H and O–H groups in total. The number of hydrogen-bond donors (Lipinski definition) is 3. The number of rotatable bonds is 4. The molecule has 134 valence electrons. The molecule has 1 atom stereocenters. The number of aryl methyl sites for hydroxylation is 1. The van der Waals surface area contributed by atoms with E-state index in [1.54, 1.807) is 0 Å². The van der Waals surface area contributed by atoms with Crippen LogP contribution in [-0.2, 0) is 16.0 Å². The van der Waals surface area contributed by atoms with Crippen LogP contribution in [0.2, 0.25) is 0 Å². The number of carbonyl (C=O) groups excluding carboxylic acids is 2. The smallest absolute Gasteiger partial charge is 0.253 e. The van der Waals surface area contributed by atoms with Crippen LogP contribution >= 0.6 is 0 Å². The Morgan fingerprint density at radius 3 is 2.96 bits per heavy atom. The van der Waals surface area contributed by atoms with Crippen molar-refractivity contribution in [1.82, 2.24) is 15.2 Å². The number of benzene rings is 1. The molecule has 1 saturated heterocycles. The standard InChI is InChI=1S/C19H25N3O3/c1-13-4-5-16-15(11-21-17(16)10-13)6-8-20-18(24)19(25)7-3-9-22(12-19)14(2)23/h4-5,10-11,21,25H,3,6-9,12H2,1-2H3,(H,20,24). The maximum atomic E-state index is 12.4. The fourth-order valence-electron chi connectivity index (χ4n) is 3.47. The van der Waals surface area contributed by atoms with Gasteiger partial charge in [-0.3, -0.25) is 9.59 Å². The van der Waals surface area contributed by atoms with Crippen LogP contribution in [0.1, 0.15) is 30.9 Å². The first-order valence-corrected chi connectivity index (χ1v) is 8.72. The lowest BCUT2D eigenvalue weighted by molar-refractivity contribution is -0.150. The lowest BCUT2D eigenvalue weighted by Gasteiger charge is -2.37. The number of aromatic amines is 1. The van der Waals surface area contributed by atoms with Crippen LogP contribution < -0.4 is 5.32 Å². The number of likely N-dealkylation sites (tertiary alicyclic amines) is 1. The number of β-amino-alcohol motifs (C(OH)–C–C–N with tert-alkyl or cyclic N) is 1. The van der Waals surface area contributed by atoms with E-state index in [2.05, 4.69) is 35.4 Å². The number of nitrogens with zero attached hydrogens (tertiary/aromatic N) is 1. The largest absolute Gasteiger partial charge is 0.378 e. The van der Waals surface area contributed by atoms with Crippen molar-refractivity contribution in [2.24, 2.45) is 0 Å². The number of carbonyl (C=O) groups is 2. The first kappa shape index (κ1) is 17.5. The molecule has 1 aliphatic rings. The molecule has 0 saturated carbocycles. The van der Waals surface area contributed by atoms with Crippen molar-refractivity contribution >= 4 is 22.7 Å². The average Bonchev–Trinajstić information content (AvgIpc) is 2.97. The van der Waals surface area contributed by atoms with Crippen molar-refractivity contribution in [1.29, 1.82) is 0 Å². The predicted octanol–water partition coefficient (Wildman–Crippen LogP) is 1.51. The normalized spacial score (nSPS) is 20.7. The van der Waals surface area contributed by atoms with Crippen molar-refractivity contribution in [2.75, 3.05) is 19.6 Å². The number of piperidine rings is 1. The van der Waals surface area contributed by atoms with Gasteiger partial charge in [0, 0.05) is 37.1 Å². The second-order valence-corrected chi connectivity index (χ2v) is 6.94. The topological polar surface area (TPSA) is 85.4 Å². The van der Waals surface area contributed by atoms with Gasteiger partial charge >= 0.3 is 0 Å². The van der Waals surface area contributed by atoms with Gasteiger partial charge in [0.25, 0.3) is 5.91 Å². The Morgan fingerprint density at radius 1 is 1.40 bits per heavy atom. The summed E-state index contributed by atoms with van der Waals surface area (Å²) < 4.78 is 0. The zero-order valence-electron chi connectivity index (χ0n) is 14.8. The lowest BCUT2D eigenvalue weighted by Crippen LogP contribution is -2.58. The van der Waals surface area contributed by atoms with Crippen LogP contribution in [0.5, 0.6) is 0 Å². The highest BCUT2D eigenvalue weighted by Crippen LogP contribution is 2.22. The molecule has 1 aromatic carbocycles. The number of nitrogens with one attached hydrogen (secondary N) is 2. The summed E-state index contributed by atoms with van der Waals surface area (Å²) in [5.74, 6) is -0.505. The third-order valence-electron chi connectivity index (χ3n) is 4.94. The highest BCUT2D eigenvalue weighted by molar-refractivity contribution is 5.87. The molecule has 1 unspecified atom stereocenters. The second kappa shape index (κ2) is 6.88. The molecule has 2 heterocycles. The Morgan fingerprint density at radius 2 is 2.20 bits per heavy atom. The number of amides is 2. The average molecular weight is 343 g/mol. The summed E-state index contributed by atoms with van der Waals surface area (Å²) in [5, 5.41) is 14.6. The van der Waals surface area contributed by atoms with Gasteiger partial charge in [-0.2, -0.15) is 0 Å². The van der Waals surface area contributed by atoms with Gasteiger partial charge < -0.3 is 20.3 Å². The van der Waals surface area contributed by atoms with E-state index in [0.717, 1.165) is 16.5 Å². The van der Waals surface area contributed by atoms with Crippen molar-refractivity contribution in [3.05, 3.63) is 35.5 Å². The Balaban J connectivity index is 1.59. The molecule has 1 aromatic heterocycles. The number of aliphatic hydroxyl groups is 1. The molecule has 25 heavy (non-hydrogen) atoms. The van der Waals surface area contributed by atoms with Gasteiger partial charge in [-0.05, 0) is 43.4 Å². The first-order valence-electron chi connectivity index (χ1n) is 8.72. The molecule has 1 aliphatic heterocycles. The Bertz CT molecular complexity index is 798. The number of hydrogen-bond acceptors (Lipinski definition) is 3. The molecule has 0 radical (unpaired) electrons. The molecule has 0 spiro atoms. The monoisotopic (exact) mass is 343 g/mol. The van der Waals surface area contributed by atoms with E-state index in [0.29, 0.717) is 32.4 Å².